The van der Waals surface area contributed by atoms with Gasteiger partial charge in [0.05, 0.1) is 17.4 Å². The summed E-state index contributed by atoms with van der Waals surface area (Å²) in [5.41, 5.74) is 2.58. The van der Waals surface area contributed by atoms with E-state index >= 15 is 0 Å². The van der Waals surface area contributed by atoms with E-state index in [0.29, 0.717) is 5.69 Å². The Hall–Kier alpha value is -3.08. The van der Waals surface area contributed by atoms with E-state index in [1.54, 1.807) is 10.9 Å². The molecule has 0 bridgehead atoms. The third-order valence-electron chi connectivity index (χ3n) is 3.55. The second-order valence-corrected chi connectivity index (χ2v) is 5.20. The molecule has 3 rings (SSSR count). The molecule has 116 valence electrons. The molecule has 1 unspecified atom stereocenters. The number of hydrogen-bond donors (Lipinski definition) is 2. The van der Waals surface area contributed by atoms with Gasteiger partial charge in [-0.15, -0.1) is 0 Å². The summed E-state index contributed by atoms with van der Waals surface area (Å²) in [6.07, 6.45) is 3.54. The molecule has 0 aliphatic carbocycles. The number of anilines is 1. The number of para-hydroxylation sites is 2. The molecule has 2 aromatic carbocycles. The minimum absolute atomic E-state index is 0.0759. The summed E-state index contributed by atoms with van der Waals surface area (Å²) in [6, 6.07) is 18.9. The zero-order chi connectivity index (χ0) is 16.1. The molecule has 2 N–H and O–H groups in total. The summed E-state index contributed by atoms with van der Waals surface area (Å²) in [7, 11) is 0. The summed E-state index contributed by atoms with van der Waals surface area (Å²) >= 11 is 0. The Kier molecular flexibility index (Phi) is 4.38. The van der Waals surface area contributed by atoms with Crippen LogP contribution in [0.2, 0.25) is 0 Å². The first kappa shape index (κ1) is 14.8. The quantitative estimate of drug-likeness (QED) is 0.771. The van der Waals surface area contributed by atoms with E-state index in [0.717, 1.165) is 11.3 Å². The second-order valence-electron chi connectivity index (χ2n) is 5.20. The third-order valence-corrected chi connectivity index (χ3v) is 3.55. The standard InChI is InChI=1S/C18H18N4O/c1-14(15-8-3-2-4-9-15)20-18(23)21-16-10-5-6-11-17(16)22-13-7-12-19-22/h2-14H,1H3,(H2,20,21,23). The van der Waals surface area contributed by atoms with E-state index in [2.05, 4.69) is 15.7 Å². The molecule has 2 amide bonds. The Bertz CT molecular complexity index is 769. The Morgan fingerprint density at radius 1 is 1.04 bits per heavy atom. The number of hydrogen-bond acceptors (Lipinski definition) is 2. The van der Waals surface area contributed by atoms with Crippen LogP contribution in [0.3, 0.4) is 0 Å². The lowest BCUT2D eigenvalue weighted by Gasteiger charge is -2.16. The lowest BCUT2D eigenvalue weighted by molar-refractivity contribution is 0.249. The van der Waals surface area contributed by atoms with Crippen LogP contribution in [0.4, 0.5) is 10.5 Å². The van der Waals surface area contributed by atoms with Crippen LogP contribution in [-0.2, 0) is 0 Å². The Morgan fingerprint density at radius 2 is 1.78 bits per heavy atom. The number of carbonyl (C=O) groups is 1. The molecule has 0 radical (unpaired) electrons. The van der Waals surface area contributed by atoms with Crippen molar-refractivity contribution < 1.29 is 4.79 Å². The maximum atomic E-state index is 12.3. The lowest BCUT2D eigenvalue weighted by Crippen LogP contribution is -2.31. The van der Waals surface area contributed by atoms with E-state index in [4.69, 9.17) is 0 Å². The smallest absolute Gasteiger partial charge is 0.319 e. The Balaban J connectivity index is 1.72. The van der Waals surface area contributed by atoms with Crippen molar-refractivity contribution in [3.8, 4) is 5.69 Å². The number of nitrogens with one attached hydrogen (secondary N) is 2. The molecule has 23 heavy (non-hydrogen) atoms. The first-order chi connectivity index (χ1) is 11.2. The lowest BCUT2D eigenvalue weighted by atomic mass is 10.1. The van der Waals surface area contributed by atoms with Gasteiger partial charge in [-0.3, -0.25) is 0 Å². The number of rotatable bonds is 4. The van der Waals surface area contributed by atoms with Gasteiger partial charge < -0.3 is 10.6 Å². The molecule has 0 fully saturated rings. The fraction of sp³-hybridized carbons (Fsp3) is 0.111. The van der Waals surface area contributed by atoms with Gasteiger partial charge in [0.1, 0.15) is 0 Å². The monoisotopic (exact) mass is 306 g/mol. The molecular formula is C18H18N4O. The zero-order valence-corrected chi connectivity index (χ0v) is 12.8. The predicted octanol–water partition coefficient (Wildman–Crippen LogP) is 3.76. The van der Waals surface area contributed by atoms with Gasteiger partial charge in [-0.05, 0) is 30.7 Å². The van der Waals surface area contributed by atoms with Crippen molar-refractivity contribution in [2.75, 3.05) is 5.32 Å². The molecule has 5 nitrogen and oxygen atoms in total. The van der Waals surface area contributed by atoms with Crippen molar-refractivity contribution in [1.82, 2.24) is 15.1 Å². The molecule has 0 aliphatic rings. The highest BCUT2D eigenvalue weighted by Gasteiger charge is 2.11. The number of benzene rings is 2. The number of amides is 2. The number of aromatic nitrogens is 2. The van der Waals surface area contributed by atoms with E-state index in [1.165, 1.54) is 0 Å². The minimum Gasteiger partial charge on any atom is -0.331 e. The summed E-state index contributed by atoms with van der Waals surface area (Å²) < 4.78 is 1.72. The van der Waals surface area contributed by atoms with E-state index in [9.17, 15) is 4.79 Å². The van der Waals surface area contributed by atoms with E-state index in [-0.39, 0.29) is 12.1 Å². The molecule has 1 aromatic heterocycles. The molecule has 3 aromatic rings. The Morgan fingerprint density at radius 3 is 2.52 bits per heavy atom. The summed E-state index contributed by atoms with van der Waals surface area (Å²) in [5.74, 6) is 0. The molecular weight excluding hydrogens is 288 g/mol. The van der Waals surface area contributed by atoms with Gasteiger partial charge in [-0.2, -0.15) is 5.10 Å². The molecule has 1 atom stereocenters. The van der Waals surface area contributed by atoms with Gasteiger partial charge >= 0.3 is 6.03 Å². The highest BCUT2D eigenvalue weighted by molar-refractivity contribution is 5.91. The van der Waals surface area contributed by atoms with Crippen LogP contribution in [0.15, 0.2) is 73.1 Å². The van der Waals surface area contributed by atoms with E-state index < -0.39 is 0 Å². The van der Waals surface area contributed by atoms with Gasteiger partial charge in [0, 0.05) is 12.4 Å². The highest BCUT2D eigenvalue weighted by atomic mass is 16.2. The van der Waals surface area contributed by atoms with Crippen molar-refractivity contribution in [3.63, 3.8) is 0 Å². The third kappa shape index (κ3) is 3.58. The molecule has 5 heteroatoms. The fourth-order valence-electron chi connectivity index (χ4n) is 2.37. The van der Waals surface area contributed by atoms with Gasteiger partial charge in [0.25, 0.3) is 0 Å². The molecule has 0 spiro atoms. The van der Waals surface area contributed by atoms with Crippen molar-refractivity contribution in [1.29, 1.82) is 0 Å². The zero-order valence-electron chi connectivity index (χ0n) is 12.8. The van der Waals surface area contributed by atoms with Crippen LogP contribution in [0.25, 0.3) is 5.69 Å². The largest absolute Gasteiger partial charge is 0.331 e. The van der Waals surface area contributed by atoms with Crippen LogP contribution >= 0.6 is 0 Å². The topological polar surface area (TPSA) is 59.0 Å². The van der Waals surface area contributed by atoms with Crippen molar-refractivity contribution in [3.05, 3.63) is 78.6 Å². The van der Waals surface area contributed by atoms with E-state index in [1.807, 2.05) is 73.8 Å². The number of carbonyl (C=O) groups excluding carboxylic acids is 1. The maximum Gasteiger partial charge on any atom is 0.319 e. The van der Waals surface area contributed by atoms with Crippen molar-refractivity contribution in [2.45, 2.75) is 13.0 Å². The first-order valence-corrected chi connectivity index (χ1v) is 7.45. The molecule has 0 saturated carbocycles. The van der Waals surface area contributed by atoms with Crippen LogP contribution < -0.4 is 10.6 Å². The molecule has 0 saturated heterocycles. The van der Waals surface area contributed by atoms with Crippen LogP contribution in [0, 0.1) is 0 Å². The highest BCUT2D eigenvalue weighted by Crippen LogP contribution is 2.19. The average molecular weight is 306 g/mol. The van der Waals surface area contributed by atoms with Gasteiger partial charge in [0.2, 0.25) is 0 Å². The Labute approximate surface area is 135 Å². The normalized spacial score (nSPS) is 11.7. The second kappa shape index (κ2) is 6.79. The fourth-order valence-corrected chi connectivity index (χ4v) is 2.37. The van der Waals surface area contributed by atoms with Crippen molar-refractivity contribution >= 4 is 11.7 Å². The number of urea groups is 1. The van der Waals surface area contributed by atoms with Gasteiger partial charge in [-0.25, -0.2) is 9.48 Å². The van der Waals surface area contributed by atoms with Crippen LogP contribution in [0.5, 0.6) is 0 Å². The first-order valence-electron chi connectivity index (χ1n) is 7.45. The van der Waals surface area contributed by atoms with Crippen LogP contribution in [-0.4, -0.2) is 15.8 Å². The summed E-state index contributed by atoms with van der Waals surface area (Å²) in [4.78, 5) is 12.3. The SMILES string of the molecule is CC(NC(=O)Nc1ccccc1-n1cccn1)c1ccccc1. The van der Waals surface area contributed by atoms with Gasteiger partial charge in [-0.1, -0.05) is 42.5 Å². The van der Waals surface area contributed by atoms with Gasteiger partial charge in [0.15, 0.2) is 0 Å². The summed E-state index contributed by atoms with van der Waals surface area (Å²) in [6.45, 7) is 1.95. The minimum atomic E-state index is -0.249. The molecule has 1 heterocycles. The maximum absolute atomic E-state index is 12.3. The number of nitrogens with zero attached hydrogens (tertiary/aromatic N) is 2. The van der Waals surface area contributed by atoms with Crippen LogP contribution in [0.1, 0.15) is 18.5 Å². The average Bonchev–Trinajstić information content (AvgIpc) is 3.10. The van der Waals surface area contributed by atoms with Crippen molar-refractivity contribution in [2.24, 2.45) is 0 Å². The summed E-state index contributed by atoms with van der Waals surface area (Å²) in [5, 5.41) is 10.0. The predicted molar refractivity (Wildman–Crippen MR) is 90.6 cm³/mol. The molecule has 0 aliphatic heterocycles.